The molecule has 0 saturated carbocycles. The Bertz CT molecular complexity index is 487. The summed E-state index contributed by atoms with van der Waals surface area (Å²) in [6.45, 7) is 4.06. The minimum atomic E-state index is -0.562. The van der Waals surface area contributed by atoms with Crippen LogP contribution in [-0.4, -0.2) is 28.2 Å². The van der Waals surface area contributed by atoms with Gasteiger partial charge in [0.25, 0.3) is 5.56 Å². The van der Waals surface area contributed by atoms with Gasteiger partial charge in [-0.2, -0.15) is 0 Å². The van der Waals surface area contributed by atoms with Gasteiger partial charge in [0.05, 0.1) is 6.10 Å². The lowest BCUT2D eigenvalue weighted by Gasteiger charge is -2.17. The largest absolute Gasteiger partial charge is 0.391 e. The third-order valence-electron chi connectivity index (χ3n) is 3.07. The standard InChI is InChI=1S/C13H19BrN2O3/c1-3-9(2)11(17)6-15-12(18)8-16-7-10(14)4-5-13(16)19/h4-5,7,9,11,17H,3,6,8H2,1-2H3,(H,15,18). The van der Waals surface area contributed by atoms with Crippen molar-refractivity contribution in [2.75, 3.05) is 6.54 Å². The second-order valence-electron chi connectivity index (χ2n) is 4.57. The molecule has 2 atom stereocenters. The molecule has 0 aromatic carbocycles. The highest BCUT2D eigenvalue weighted by Gasteiger charge is 2.13. The van der Waals surface area contributed by atoms with E-state index >= 15 is 0 Å². The zero-order valence-electron chi connectivity index (χ0n) is 11.1. The maximum atomic E-state index is 11.7. The summed E-state index contributed by atoms with van der Waals surface area (Å²) in [4.78, 5) is 23.2. The van der Waals surface area contributed by atoms with Gasteiger partial charge in [-0.25, -0.2) is 0 Å². The SMILES string of the molecule is CCC(C)C(O)CNC(=O)Cn1cc(Br)ccc1=O. The van der Waals surface area contributed by atoms with Crippen LogP contribution < -0.4 is 10.9 Å². The van der Waals surface area contributed by atoms with Gasteiger partial charge in [0.1, 0.15) is 6.54 Å². The van der Waals surface area contributed by atoms with E-state index in [0.29, 0.717) is 0 Å². The van der Waals surface area contributed by atoms with Crippen LogP contribution >= 0.6 is 15.9 Å². The Morgan fingerprint density at radius 1 is 1.53 bits per heavy atom. The summed E-state index contributed by atoms with van der Waals surface area (Å²) in [5, 5.41) is 12.4. The summed E-state index contributed by atoms with van der Waals surface area (Å²) in [5.41, 5.74) is -0.235. The van der Waals surface area contributed by atoms with Crippen LogP contribution in [0.3, 0.4) is 0 Å². The van der Waals surface area contributed by atoms with Crippen molar-refractivity contribution >= 4 is 21.8 Å². The summed E-state index contributed by atoms with van der Waals surface area (Å²) >= 11 is 3.25. The molecule has 19 heavy (non-hydrogen) atoms. The predicted octanol–water partition coefficient (Wildman–Crippen LogP) is 1.13. The Hall–Kier alpha value is -1.14. The van der Waals surface area contributed by atoms with Crippen molar-refractivity contribution in [1.82, 2.24) is 9.88 Å². The van der Waals surface area contributed by atoms with Crippen molar-refractivity contribution in [3.63, 3.8) is 0 Å². The number of aliphatic hydroxyl groups excluding tert-OH is 1. The van der Waals surface area contributed by atoms with Gasteiger partial charge in [-0.1, -0.05) is 20.3 Å². The number of rotatable bonds is 6. The zero-order valence-corrected chi connectivity index (χ0v) is 12.7. The normalized spacial score (nSPS) is 13.9. The van der Waals surface area contributed by atoms with E-state index in [2.05, 4.69) is 21.2 Å². The molecule has 1 aromatic heterocycles. The van der Waals surface area contributed by atoms with Gasteiger partial charge < -0.3 is 15.0 Å². The van der Waals surface area contributed by atoms with Crippen LogP contribution in [0, 0.1) is 5.92 Å². The lowest BCUT2D eigenvalue weighted by molar-refractivity contribution is -0.122. The minimum absolute atomic E-state index is 0.0501. The van der Waals surface area contributed by atoms with E-state index in [-0.39, 0.29) is 30.5 Å². The fourth-order valence-electron chi connectivity index (χ4n) is 1.53. The molecule has 0 aliphatic heterocycles. The van der Waals surface area contributed by atoms with E-state index in [1.165, 1.54) is 10.6 Å². The van der Waals surface area contributed by atoms with Crippen LogP contribution in [0.25, 0.3) is 0 Å². The maximum Gasteiger partial charge on any atom is 0.251 e. The molecule has 1 rings (SSSR count). The molecule has 1 aromatic rings. The molecule has 1 heterocycles. The van der Waals surface area contributed by atoms with E-state index in [0.717, 1.165) is 10.9 Å². The van der Waals surface area contributed by atoms with Crippen molar-refractivity contribution in [1.29, 1.82) is 0 Å². The molecular weight excluding hydrogens is 312 g/mol. The highest BCUT2D eigenvalue weighted by molar-refractivity contribution is 9.10. The first-order chi connectivity index (χ1) is 8.93. The van der Waals surface area contributed by atoms with Crippen LogP contribution in [0.1, 0.15) is 20.3 Å². The molecule has 0 spiro atoms. The van der Waals surface area contributed by atoms with Gasteiger partial charge in [-0.15, -0.1) is 0 Å². The molecule has 2 unspecified atom stereocenters. The van der Waals surface area contributed by atoms with Crippen LogP contribution in [0.5, 0.6) is 0 Å². The minimum Gasteiger partial charge on any atom is -0.391 e. The van der Waals surface area contributed by atoms with Crippen LogP contribution in [0.15, 0.2) is 27.6 Å². The molecule has 1 amide bonds. The second kappa shape index (κ2) is 7.45. The number of carbonyl (C=O) groups excluding carboxylic acids is 1. The molecule has 0 aliphatic rings. The third kappa shape index (κ3) is 5.16. The molecule has 0 saturated heterocycles. The lowest BCUT2D eigenvalue weighted by Crippen LogP contribution is -2.38. The Labute approximate surface area is 120 Å². The summed E-state index contributed by atoms with van der Waals surface area (Å²) in [5.74, 6) is -0.156. The van der Waals surface area contributed by atoms with Gasteiger partial charge in [-0.3, -0.25) is 9.59 Å². The van der Waals surface area contributed by atoms with E-state index < -0.39 is 6.10 Å². The molecule has 0 bridgehead atoms. The van der Waals surface area contributed by atoms with Crippen LogP contribution in [0.2, 0.25) is 0 Å². The number of nitrogens with zero attached hydrogens (tertiary/aromatic N) is 1. The smallest absolute Gasteiger partial charge is 0.251 e. The van der Waals surface area contributed by atoms with Crippen molar-refractivity contribution in [2.45, 2.75) is 32.9 Å². The molecular formula is C13H19BrN2O3. The quantitative estimate of drug-likeness (QED) is 0.821. The number of pyridine rings is 1. The topological polar surface area (TPSA) is 71.3 Å². The Kier molecular flexibility index (Phi) is 6.24. The highest BCUT2D eigenvalue weighted by Crippen LogP contribution is 2.06. The van der Waals surface area contributed by atoms with E-state index in [1.807, 2.05) is 13.8 Å². The first kappa shape index (κ1) is 15.9. The summed E-state index contributed by atoms with van der Waals surface area (Å²) in [6, 6.07) is 3.02. The Morgan fingerprint density at radius 3 is 2.84 bits per heavy atom. The highest BCUT2D eigenvalue weighted by atomic mass is 79.9. The molecule has 0 radical (unpaired) electrons. The number of amides is 1. The first-order valence-corrected chi connectivity index (χ1v) is 7.04. The number of aromatic nitrogens is 1. The number of hydrogen-bond acceptors (Lipinski definition) is 3. The average Bonchev–Trinajstić information content (AvgIpc) is 2.39. The number of carbonyl (C=O) groups is 1. The Morgan fingerprint density at radius 2 is 2.21 bits per heavy atom. The van der Waals surface area contributed by atoms with Gasteiger partial charge >= 0.3 is 0 Å². The monoisotopic (exact) mass is 330 g/mol. The van der Waals surface area contributed by atoms with Crippen molar-refractivity contribution < 1.29 is 9.90 Å². The van der Waals surface area contributed by atoms with Crippen molar-refractivity contribution in [3.05, 3.63) is 33.2 Å². The zero-order chi connectivity index (χ0) is 14.4. The summed E-state index contributed by atoms with van der Waals surface area (Å²) in [7, 11) is 0. The molecule has 2 N–H and O–H groups in total. The number of nitrogens with one attached hydrogen (secondary N) is 1. The molecule has 0 fully saturated rings. The molecule has 106 valence electrons. The van der Waals surface area contributed by atoms with Crippen molar-refractivity contribution in [2.24, 2.45) is 5.92 Å². The van der Waals surface area contributed by atoms with E-state index in [9.17, 15) is 14.7 Å². The van der Waals surface area contributed by atoms with Crippen molar-refractivity contribution in [3.8, 4) is 0 Å². The van der Waals surface area contributed by atoms with Gasteiger partial charge in [0, 0.05) is 23.3 Å². The van der Waals surface area contributed by atoms with Gasteiger partial charge in [-0.05, 0) is 27.9 Å². The predicted molar refractivity (Wildman–Crippen MR) is 76.9 cm³/mol. The first-order valence-electron chi connectivity index (χ1n) is 6.24. The fraction of sp³-hybridized carbons (Fsp3) is 0.538. The number of hydrogen-bond donors (Lipinski definition) is 2. The molecule has 6 heteroatoms. The Balaban J connectivity index is 2.52. The maximum absolute atomic E-state index is 11.7. The average molecular weight is 331 g/mol. The van der Waals surface area contributed by atoms with Gasteiger partial charge in [0.15, 0.2) is 0 Å². The summed E-state index contributed by atoms with van der Waals surface area (Å²) in [6.07, 6.45) is 1.85. The van der Waals surface area contributed by atoms with Crippen LogP contribution in [0.4, 0.5) is 0 Å². The lowest BCUT2D eigenvalue weighted by atomic mass is 10.0. The van der Waals surface area contributed by atoms with Crippen LogP contribution in [-0.2, 0) is 11.3 Å². The molecule has 5 nitrogen and oxygen atoms in total. The summed E-state index contributed by atoms with van der Waals surface area (Å²) < 4.78 is 2.05. The third-order valence-corrected chi connectivity index (χ3v) is 3.54. The number of halogens is 1. The fourth-order valence-corrected chi connectivity index (χ4v) is 1.91. The second-order valence-corrected chi connectivity index (χ2v) is 5.49. The van der Waals surface area contributed by atoms with Gasteiger partial charge in [0.2, 0.25) is 5.91 Å². The van der Waals surface area contributed by atoms with E-state index in [4.69, 9.17) is 0 Å². The number of aliphatic hydroxyl groups is 1. The molecule has 0 aliphatic carbocycles. The van der Waals surface area contributed by atoms with E-state index in [1.54, 1.807) is 12.3 Å².